The third-order valence-electron chi connectivity index (χ3n) is 13.5. The van der Waals surface area contributed by atoms with E-state index in [1.54, 1.807) is 0 Å². The molecule has 4 amide bonds. The first-order valence-corrected chi connectivity index (χ1v) is 20.1. The molecule has 10 nitrogen and oxygen atoms in total. The molecule has 0 radical (unpaired) electrons. The maximum Gasteiger partial charge on any atom is 0.282 e. The zero-order valence-electron chi connectivity index (χ0n) is 28.0. The zero-order chi connectivity index (χ0) is 32.6. The topological polar surface area (TPSA) is 105 Å². The van der Waals surface area contributed by atoms with Crippen molar-refractivity contribution in [3.05, 3.63) is 23.5 Å². The summed E-state index contributed by atoms with van der Waals surface area (Å²) in [7, 11) is 0. The van der Waals surface area contributed by atoms with Crippen LogP contribution in [-0.4, -0.2) is 116 Å². The second-order valence-corrected chi connectivity index (χ2v) is 17.7. The highest BCUT2D eigenvalue weighted by Crippen LogP contribution is 2.61. The average molecular weight is 683 g/mol. The van der Waals surface area contributed by atoms with Gasteiger partial charge < -0.3 is 30.2 Å². The molecule has 47 heavy (non-hydrogen) atoms. The first-order valence-electron chi connectivity index (χ1n) is 17.9. The summed E-state index contributed by atoms with van der Waals surface area (Å²) in [6.07, 6.45) is 17.3. The van der Waals surface area contributed by atoms with Crippen molar-refractivity contribution in [3.8, 4) is 0 Å². The molecule has 0 aromatic rings. The van der Waals surface area contributed by atoms with Gasteiger partial charge in [-0.05, 0) is 86.4 Å². The van der Waals surface area contributed by atoms with Crippen LogP contribution < -0.4 is 10.6 Å². The van der Waals surface area contributed by atoms with Crippen molar-refractivity contribution >= 4 is 45.8 Å². The van der Waals surface area contributed by atoms with Crippen molar-refractivity contribution < 1.29 is 19.2 Å². The summed E-state index contributed by atoms with van der Waals surface area (Å²) in [6, 6.07) is 0.151. The van der Waals surface area contributed by atoms with Crippen LogP contribution in [-0.2, 0) is 9.59 Å². The number of carbonyl (C=O) groups excluding carboxylic acids is 4. The van der Waals surface area contributed by atoms with E-state index < -0.39 is 11.1 Å². The van der Waals surface area contributed by atoms with Crippen molar-refractivity contribution in [1.29, 1.82) is 0 Å². The van der Waals surface area contributed by atoms with Crippen molar-refractivity contribution in [3.63, 3.8) is 0 Å². The van der Waals surface area contributed by atoms with E-state index in [0.29, 0.717) is 12.8 Å². The summed E-state index contributed by atoms with van der Waals surface area (Å²) < 4.78 is 0. The number of rotatable bonds is 4. The number of carbonyl (C=O) groups is 4. The fourth-order valence-electron chi connectivity index (χ4n) is 11.0. The van der Waals surface area contributed by atoms with Crippen LogP contribution in [0, 0.1) is 10.8 Å². The molecule has 8 aliphatic heterocycles. The lowest BCUT2D eigenvalue weighted by Crippen LogP contribution is -2.71. The second kappa shape index (κ2) is 11.6. The van der Waals surface area contributed by atoms with Gasteiger partial charge in [0, 0.05) is 82.4 Å². The largest absolute Gasteiger partial charge is 0.375 e. The van der Waals surface area contributed by atoms with E-state index >= 15 is 0 Å². The molecule has 12 heteroatoms. The molecule has 0 aromatic carbocycles. The quantitative estimate of drug-likeness (QED) is 0.446. The van der Waals surface area contributed by atoms with Crippen molar-refractivity contribution in [2.45, 2.75) is 107 Å². The first-order chi connectivity index (χ1) is 22.6. The molecular formula is C35H50N6O4S2. The molecule has 8 heterocycles. The van der Waals surface area contributed by atoms with Crippen LogP contribution >= 0.6 is 23.5 Å². The number of fused-ring (bicyclic) bond motifs is 5. The second-order valence-electron chi connectivity index (χ2n) is 15.7. The monoisotopic (exact) mass is 682 g/mol. The number of amides is 4. The molecule has 2 spiro atoms. The Kier molecular flexibility index (Phi) is 7.89. The summed E-state index contributed by atoms with van der Waals surface area (Å²) >= 11 is 2.72. The van der Waals surface area contributed by atoms with Gasteiger partial charge in [-0.2, -0.15) is 0 Å². The molecule has 6 fully saturated rings. The summed E-state index contributed by atoms with van der Waals surface area (Å²) in [5.74, 6) is 1.10. The first kappa shape index (κ1) is 31.9. The predicted molar refractivity (Wildman–Crippen MR) is 185 cm³/mol. The van der Waals surface area contributed by atoms with Crippen LogP contribution in [0.2, 0.25) is 0 Å². The van der Waals surface area contributed by atoms with Crippen molar-refractivity contribution in [2.24, 2.45) is 10.8 Å². The Hall–Kier alpha value is -2.34. The van der Waals surface area contributed by atoms with Crippen LogP contribution in [0.1, 0.15) is 84.0 Å². The Morgan fingerprint density at radius 2 is 1.43 bits per heavy atom. The fraction of sp³-hybridized carbons (Fsp3) is 0.771. The lowest BCUT2D eigenvalue weighted by molar-refractivity contribution is -0.120. The molecule has 4 bridgehead atoms. The fourth-order valence-corrected chi connectivity index (χ4v) is 12.2. The molecule has 256 valence electrons. The van der Waals surface area contributed by atoms with Crippen LogP contribution in [0.5, 0.6) is 0 Å². The number of likely N-dealkylation sites (tertiary alicyclic amines) is 2. The summed E-state index contributed by atoms with van der Waals surface area (Å²) in [5, 5.41) is 6.42. The van der Waals surface area contributed by atoms with Crippen LogP contribution in [0.25, 0.3) is 0 Å². The third-order valence-corrected chi connectivity index (χ3v) is 14.8. The molecule has 0 aromatic heterocycles. The Morgan fingerprint density at radius 1 is 0.809 bits per heavy atom. The number of piperidine rings is 2. The number of hydrogen-bond acceptors (Lipinski definition) is 8. The average Bonchev–Trinajstić information content (AvgIpc) is 3.76. The summed E-state index contributed by atoms with van der Waals surface area (Å²) in [6.45, 7) is 7.36. The van der Waals surface area contributed by atoms with Gasteiger partial charge in [0.05, 0.1) is 17.1 Å². The zero-order valence-corrected chi connectivity index (χ0v) is 29.6. The standard InChI is InChI=1S/C35H50N6O4S2/c1-3-47-31(45)41-25-5-7-35(41,19-27(17-25)39-14-10-33(11-15-39)21-29(43)37-23-33)34-6-4-24(40(34)30(44)46-2)16-26(18-34)38-12-8-32(9-13-38)20-28(42)36-22-32/h16,19,24-25H,3-15,17-18,20-23H2,1-2H3,(H,36,42)(H,37,43). The van der Waals surface area contributed by atoms with Gasteiger partial charge >= 0.3 is 0 Å². The predicted octanol–water partition coefficient (Wildman–Crippen LogP) is 4.53. The smallest absolute Gasteiger partial charge is 0.282 e. The SMILES string of the molecule is CCSC(=O)N1C2CCC1(C13CCC(C=C(N4CCC5(CC4)CNC(=O)C5)C1)N3C(=O)SC)C=C(N1CCC3(CC1)CNC(=O)C3)C2. The van der Waals surface area contributed by atoms with Gasteiger partial charge in [0.25, 0.3) is 10.5 Å². The number of nitrogens with one attached hydrogen (secondary N) is 2. The van der Waals surface area contributed by atoms with Crippen LogP contribution in [0.3, 0.4) is 0 Å². The lowest BCUT2D eigenvalue weighted by Gasteiger charge is -2.59. The molecule has 2 N–H and O–H groups in total. The van der Waals surface area contributed by atoms with Gasteiger partial charge in [0.1, 0.15) is 0 Å². The van der Waals surface area contributed by atoms with Gasteiger partial charge in [0.15, 0.2) is 0 Å². The highest BCUT2D eigenvalue weighted by Gasteiger charge is 2.68. The molecule has 4 unspecified atom stereocenters. The van der Waals surface area contributed by atoms with Gasteiger partial charge in [0.2, 0.25) is 11.8 Å². The third kappa shape index (κ3) is 4.96. The van der Waals surface area contributed by atoms with E-state index in [-0.39, 0.29) is 45.2 Å². The summed E-state index contributed by atoms with van der Waals surface area (Å²) in [4.78, 5) is 62.1. The molecular weight excluding hydrogens is 633 g/mol. The minimum atomic E-state index is -0.566. The minimum absolute atomic E-state index is 0.0227. The van der Waals surface area contributed by atoms with Crippen molar-refractivity contribution in [1.82, 2.24) is 30.2 Å². The molecule has 8 rings (SSSR count). The highest BCUT2D eigenvalue weighted by molar-refractivity contribution is 8.13. The Balaban J connectivity index is 1.15. The molecule has 0 saturated carbocycles. The van der Waals surface area contributed by atoms with E-state index in [9.17, 15) is 19.2 Å². The normalized spacial score (nSPS) is 35.4. The van der Waals surface area contributed by atoms with E-state index in [1.165, 1.54) is 34.9 Å². The molecule has 4 atom stereocenters. The Bertz CT molecular complexity index is 1420. The van der Waals surface area contributed by atoms with Crippen LogP contribution in [0.15, 0.2) is 23.5 Å². The van der Waals surface area contributed by atoms with E-state index in [4.69, 9.17) is 0 Å². The van der Waals surface area contributed by atoms with Gasteiger partial charge in [-0.1, -0.05) is 30.4 Å². The van der Waals surface area contributed by atoms with Gasteiger partial charge in [-0.25, -0.2) is 0 Å². The van der Waals surface area contributed by atoms with E-state index in [0.717, 1.165) is 109 Å². The molecule has 0 aliphatic carbocycles. The number of hydrogen-bond donors (Lipinski definition) is 2. The number of nitrogens with zero attached hydrogens (tertiary/aromatic N) is 4. The maximum absolute atomic E-state index is 14.2. The Labute approximate surface area is 287 Å². The minimum Gasteiger partial charge on any atom is -0.375 e. The number of thioether (sulfide) groups is 2. The van der Waals surface area contributed by atoms with Gasteiger partial charge in [-0.3, -0.25) is 19.2 Å². The van der Waals surface area contributed by atoms with E-state index in [2.05, 4.69) is 49.3 Å². The lowest BCUT2D eigenvalue weighted by atomic mass is 9.68. The van der Waals surface area contributed by atoms with Gasteiger partial charge in [-0.15, -0.1) is 0 Å². The van der Waals surface area contributed by atoms with Crippen LogP contribution in [0.4, 0.5) is 9.59 Å². The Morgan fingerprint density at radius 3 is 1.98 bits per heavy atom. The highest BCUT2D eigenvalue weighted by atomic mass is 32.2. The molecule has 6 saturated heterocycles. The summed E-state index contributed by atoms with van der Waals surface area (Å²) in [5.41, 5.74) is 1.75. The van der Waals surface area contributed by atoms with Crippen molar-refractivity contribution in [2.75, 3.05) is 51.3 Å². The maximum atomic E-state index is 14.2. The molecule has 8 aliphatic rings. The van der Waals surface area contributed by atoms with E-state index in [1.807, 2.05) is 6.26 Å².